The second-order valence-electron chi connectivity index (χ2n) is 5.39. The lowest BCUT2D eigenvalue weighted by Gasteiger charge is -2.08. The molecular formula is C16H17N3O4S. The van der Waals surface area contributed by atoms with Crippen LogP contribution in [0.1, 0.15) is 10.5 Å². The zero-order valence-corrected chi connectivity index (χ0v) is 14.3. The molecule has 2 rings (SSSR count). The molecule has 0 atom stereocenters. The number of nitrogens with zero attached hydrogens (tertiary/aromatic N) is 3. The molecule has 126 valence electrons. The molecule has 2 aromatic rings. The summed E-state index contributed by atoms with van der Waals surface area (Å²) in [6.07, 6.45) is 5.26. The number of carbonyl (C=O) groups excluding carboxylic acids is 1. The summed E-state index contributed by atoms with van der Waals surface area (Å²) in [6.45, 7) is 0. The van der Waals surface area contributed by atoms with Crippen LogP contribution in [0.15, 0.2) is 58.5 Å². The van der Waals surface area contributed by atoms with E-state index in [1.165, 1.54) is 41.4 Å². The van der Waals surface area contributed by atoms with Gasteiger partial charge in [-0.25, -0.2) is 13.1 Å². The van der Waals surface area contributed by atoms with Crippen molar-refractivity contribution >= 4 is 15.6 Å². The first-order valence-electron chi connectivity index (χ1n) is 6.98. The Labute approximate surface area is 139 Å². The highest BCUT2D eigenvalue weighted by atomic mass is 32.2. The molecule has 0 saturated carbocycles. The van der Waals surface area contributed by atoms with E-state index in [4.69, 9.17) is 0 Å². The molecule has 1 aromatic heterocycles. The predicted molar refractivity (Wildman–Crippen MR) is 90.1 cm³/mol. The fourth-order valence-corrected chi connectivity index (χ4v) is 2.54. The summed E-state index contributed by atoms with van der Waals surface area (Å²) in [7, 11) is 0.122. The van der Waals surface area contributed by atoms with Crippen molar-refractivity contribution in [3.63, 3.8) is 0 Å². The van der Waals surface area contributed by atoms with Crippen LogP contribution >= 0.6 is 0 Å². The molecule has 0 fully saturated rings. The van der Waals surface area contributed by atoms with Gasteiger partial charge < -0.3 is 4.90 Å². The van der Waals surface area contributed by atoms with Gasteiger partial charge in [0.25, 0.3) is 0 Å². The summed E-state index contributed by atoms with van der Waals surface area (Å²) in [5.41, 5.74) is -0.303. The normalized spacial score (nSPS) is 11.6. The van der Waals surface area contributed by atoms with Crippen LogP contribution < -0.4 is 5.43 Å². The molecule has 1 heterocycles. The standard InChI is InChI=1S/C16H17N3O4S/c1-18(2)9-7-14(20)16-15(21)8-10-19(17-16)12-5-4-6-13(11-12)24(3,22)23/h4-11H,1-3H3/b9-7+. The number of allylic oxidation sites excluding steroid dienone is 1. The van der Waals surface area contributed by atoms with E-state index in [0.29, 0.717) is 5.69 Å². The highest BCUT2D eigenvalue weighted by Gasteiger charge is 2.12. The van der Waals surface area contributed by atoms with Crippen LogP contribution in [0.25, 0.3) is 5.69 Å². The third kappa shape index (κ3) is 4.17. The Morgan fingerprint density at radius 2 is 1.96 bits per heavy atom. The van der Waals surface area contributed by atoms with Crippen LogP contribution in [0.2, 0.25) is 0 Å². The largest absolute Gasteiger partial charge is 0.383 e. The van der Waals surface area contributed by atoms with Gasteiger partial charge in [0.15, 0.2) is 15.5 Å². The lowest BCUT2D eigenvalue weighted by atomic mass is 10.2. The molecule has 24 heavy (non-hydrogen) atoms. The Morgan fingerprint density at radius 3 is 2.58 bits per heavy atom. The third-order valence-corrected chi connectivity index (χ3v) is 4.19. The monoisotopic (exact) mass is 347 g/mol. The molecule has 0 aliphatic carbocycles. The van der Waals surface area contributed by atoms with Crippen molar-refractivity contribution in [1.29, 1.82) is 0 Å². The topological polar surface area (TPSA) is 89.3 Å². The first-order valence-corrected chi connectivity index (χ1v) is 8.87. The minimum Gasteiger partial charge on any atom is -0.383 e. The number of ketones is 1. The van der Waals surface area contributed by atoms with Gasteiger partial charge >= 0.3 is 0 Å². The minimum absolute atomic E-state index is 0.126. The van der Waals surface area contributed by atoms with E-state index in [9.17, 15) is 18.0 Å². The number of hydrogen-bond acceptors (Lipinski definition) is 6. The average Bonchev–Trinajstić information content (AvgIpc) is 2.52. The Kier molecular flexibility index (Phi) is 4.99. The van der Waals surface area contributed by atoms with Crippen molar-refractivity contribution in [3.8, 4) is 5.69 Å². The van der Waals surface area contributed by atoms with Gasteiger partial charge in [-0.2, -0.15) is 5.10 Å². The van der Waals surface area contributed by atoms with Crippen molar-refractivity contribution in [2.75, 3.05) is 20.4 Å². The Hall–Kier alpha value is -2.74. The second kappa shape index (κ2) is 6.79. The lowest BCUT2D eigenvalue weighted by Crippen LogP contribution is -2.20. The quantitative estimate of drug-likeness (QED) is 0.590. The maximum atomic E-state index is 12.1. The van der Waals surface area contributed by atoms with Crippen molar-refractivity contribution in [3.05, 3.63) is 64.7 Å². The summed E-state index contributed by atoms with van der Waals surface area (Å²) in [5, 5.41) is 4.03. The van der Waals surface area contributed by atoms with Gasteiger partial charge in [-0.3, -0.25) is 9.59 Å². The highest BCUT2D eigenvalue weighted by Crippen LogP contribution is 2.14. The Bertz CT molecular complexity index is 959. The molecule has 0 aliphatic heterocycles. The predicted octanol–water partition coefficient (Wildman–Crippen LogP) is 0.894. The second-order valence-corrected chi connectivity index (χ2v) is 7.40. The average molecular weight is 347 g/mol. The maximum absolute atomic E-state index is 12.1. The van der Waals surface area contributed by atoms with Crippen molar-refractivity contribution < 1.29 is 13.2 Å². The molecule has 0 aliphatic rings. The van der Waals surface area contributed by atoms with Crippen LogP contribution in [0.4, 0.5) is 0 Å². The van der Waals surface area contributed by atoms with Crippen molar-refractivity contribution in [2.45, 2.75) is 4.90 Å². The van der Waals surface area contributed by atoms with Crippen LogP contribution in [0.5, 0.6) is 0 Å². The number of aromatic nitrogens is 2. The Balaban J connectivity index is 2.49. The first kappa shape index (κ1) is 17.6. The van der Waals surface area contributed by atoms with E-state index in [2.05, 4.69) is 5.10 Å². The number of carbonyl (C=O) groups is 1. The van der Waals surface area contributed by atoms with Gasteiger partial charge in [0.1, 0.15) is 0 Å². The number of benzene rings is 1. The van der Waals surface area contributed by atoms with E-state index in [-0.39, 0.29) is 10.6 Å². The fraction of sp³-hybridized carbons (Fsp3) is 0.188. The summed E-state index contributed by atoms with van der Waals surface area (Å²) in [6, 6.07) is 7.32. The van der Waals surface area contributed by atoms with Crippen molar-refractivity contribution in [1.82, 2.24) is 14.7 Å². The summed E-state index contributed by atoms with van der Waals surface area (Å²) in [4.78, 5) is 25.8. The third-order valence-electron chi connectivity index (χ3n) is 3.08. The van der Waals surface area contributed by atoms with Crippen LogP contribution in [0.3, 0.4) is 0 Å². The van der Waals surface area contributed by atoms with Gasteiger partial charge in [0, 0.05) is 44.9 Å². The first-order chi connectivity index (χ1) is 11.2. The molecule has 0 unspecified atom stereocenters. The van der Waals surface area contributed by atoms with Crippen molar-refractivity contribution in [2.24, 2.45) is 0 Å². The molecule has 0 N–H and O–H groups in total. The molecule has 0 saturated heterocycles. The molecule has 0 spiro atoms. The molecule has 1 aromatic carbocycles. The van der Waals surface area contributed by atoms with E-state index < -0.39 is 21.0 Å². The zero-order valence-electron chi connectivity index (χ0n) is 13.5. The SMILES string of the molecule is CN(C)/C=C/C(=O)c1nn(-c2cccc(S(C)(=O)=O)c2)ccc1=O. The minimum atomic E-state index is -3.37. The molecule has 0 bridgehead atoms. The van der Waals surface area contributed by atoms with Gasteiger partial charge in [0.2, 0.25) is 11.2 Å². The van der Waals surface area contributed by atoms with Gasteiger partial charge in [0.05, 0.1) is 10.6 Å². The molecule has 0 radical (unpaired) electrons. The summed E-state index contributed by atoms with van der Waals surface area (Å²) >= 11 is 0. The molecule has 8 heteroatoms. The fourth-order valence-electron chi connectivity index (χ4n) is 1.87. The lowest BCUT2D eigenvalue weighted by molar-refractivity contribution is 0.103. The summed E-state index contributed by atoms with van der Waals surface area (Å²) < 4.78 is 24.6. The molecule has 0 amide bonds. The smallest absolute Gasteiger partial charge is 0.211 e. The van der Waals surface area contributed by atoms with E-state index >= 15 is 0 Å². The van der Waals surface area contributed by atoms with E-state index in [1.807, 2.05) is 0 Å². The molecular weight excluding hydrogens is 330 g/mol. The molecule has 7 nitrogen and oxygen atoms in total. The Morgan fingerprint density at radius 1 is 1.25 bits per heavy atom. The number of sulfone groups is 1. The maximum Gasteiger partial charge on any atom is 0.211 e. The number of hydrogen-bond donors (Lipinski definition) is 0. The van der Waals surface area contributed by atoms with Crippen LogP contribution in [-0.4, -0.2) is 49.2 Å². The van der Waals surface area contributed by atoms with E-state index in [1.54, 1.807) is 31.1 Å². The zero-order chi connectivity index (χ0) is 17.9. The summed E-state index contributed by atoms with van der Waals surface area (Å²) in [5.74, 6) is -0.526. The number of rotatable bonds is 5. The van der Waals surface area contributed by atoms with Crippen LogP contribution in [-0.2, 0) is 9.84 Å². The van der Waals surface area contributed by atoms with E-state index in [0.717, 1.165) is 6.26 Å². The van der Waals surface area contributed by atoms with Crippen LogP contribution in [0, 0.1) is 0 Å². The van der Waals surface area contributed by atoms with Gasteiger partial charge in [-0.1, -0.05) is 6.07 Å². The highest BCUT2D eigenvalue weighted by molar-refractivity contribution is 7.90. The van der Waals surface area contributed by atoms with Gasteiger partial charge in [-0.05, 0) is 18.2 Å². The van der Waals surface area contributed by atoms with Gasteiger partial charge in [-0.15, -0.1) is 0 Å².